The average Bonchev–Trinajstić information content (AvgIpc) is 2.45. The van der Waals surface area contributed by atoms with Gasteiger partial charge in [0.05, 0.1) is 0 Å². The molecule has 1 amide bonds. The second-order valence-electron chi connectivity index (χ2n) is 5.17. The molecule has 0 spiro atoms. The van der Waals surface area contributed by atoms with E-state index in [0.29, 0.717) is 12.5 Å². The standard InChI is InChI=1S/C17H18ClNO/c1-13(2)12-19(17(18)20)16-10-8-15(9-11-16)14-6-4-3-5-7-14/h3-11,13H,12H2,1-2H3. The summed E-state index contributed by atoms with van der Waals surface area (Å²) < 4.78 is 0. The third-order valence-corrected chi connectivity index (χ3v) is 3.25. The van der Waals surface area contributed by atoms with Gasteiger partial charge in [0.1, 0.15) is 0 Å². The number of benzene rings is 2. The van der Waals surface area contributed by atoms with Crippen molar-refractivity contribution in [3.8, 4) is 11.1 Å². The molecule has 0 fully saturated rings. The Morgan fingerprint density at radius 3 is 2.05 bits per heavy atom. The predicted molar refractivity (Wildman–Crippen MR) is 85.3 cm³/mol. The van der Waals surface area contributed by atoms with Gasteiger partial charge in [-0.05, 0) is 40.8 Å². The summed E-state index contributed by atoms with van der Waals surface area (Å²) in [6.45, 7) is 4.74. The molecule has 2 nitrogen and oxygen atoms in total. The molecule has 0 saturated heterocycles. The number of hydrogen-bond acceptors (Lipinski definition) is 1. The van der Waals surface area contributed by atoms with E-state index in [0.717, 1.165) is 16.8 Å². The van der Waals surface area contributed by atoms with Gasteiger partial charge in [0, 0.05) is 12.2 Å². The molecule has 2 rings (SSSR count). The number of carbonyl (C=O) groups is 1. The second-order valence-corrected chi connectivity index (χ2v) is 5.49. The molecular weight excluding hydrogens is 270 g/mol. The third kappa shape index (κ3) is 3.61. The fourth-order valence-electron chi connectivity index (χ4n) is 2.11. The summed E-state index contributed by atoms with van der Waals surface area (Å²) in [7, 11) is 0. The fourth-order valence-corrected chi connectivity index (χ4v) is 2.27. The highest BCUT2D eigenvalue weighted by molar-refractivity contribution is 6.66. The molecule has 0 bridgehead atoms. The minimum atomic E-state index is -0.439. The molecule has 0 aliphatic heterocycles. The topological polar surface area (TPSA) is 20.3 Å². The summed E-state index contributed by atoms with van der Waals surface area (Å²) in [6, 6.07) is 18.0. The highest BCUT2D eigenvalue weighted by atomic mass is 35.5. The lowest BCUT2D eigenvalue weighted by Gasteiger charge is -2.22. The van der Waals surface area contributed by atoms with Gasteiger partial charge in [0.25, 0.3) is 0 Å². The average molecular weight is 288 g/mol. The van der Waals surface area contributed by atoms with Gasteiger partial charge in [-0.2, -0.15) is 0 Å². The number of hydrogen-bond donors (Lipinski definition) is 0. The van der Waals surface area contributed by atoms with Crippen LogP contribution in [0.5, 0.6) is 0 Å². The van der Waals surface area contributed by atoms with E-state index in [1.807, 2.05) is 42.5 Å². The third-order valence-electron chi connectivity index (χ3n) is 3.05. The summed E-state index contributed by atoms with van der Waals surface area (Å²) in [4.78, 5) is 13.1. The van der Waals surface area contributed by atoms with Gasteiger partial charge in [-0.15, -0.1) is 0 Å². The molecule has 0 aromatic heterocycles. The zero-order valence-electron chi connectivity index (χ0n) is 11.7. The molecular formula is C17H18ClNO. The first-order valence-electron chi connectivity index (χ1n) is 6.70. The van der Waals surface area contributed by atoms with Gasteiger partial charge in [0.15, 0.2) is 0 Å². The van der Waals surface area contributed by atoms with E-state index in [1.54, 1.807) is 4.90 Å². The monoisotopic (exact) mass is 287 g/mol. The van der Waals surface area contributed by atoms with E-state index >= 15 is 0 Å². The maximum atomic E-state index is 11.5. The van der Waals surface area contributed by atoms with Crippen LogP contribution in [0, 0.1) is 5.92 Å². The van der Waals surface area contributed by atoms with Crippen LogP contribution < -0.4 is 4.90 Å². The molecule has 0 N–H and O–H groups in total. The zero-order chi connectivity index (χ0) is 14.5. The van der Waals surface area contributed by atoms with Crippen LogP contribution in [0.3, 0.4) is 0 Å². The zero-order valence-corrected chi connectivity index (χ0v) is 12.5. The summed E-state index contributed by atoms with van der Waals surface area (Å²) >= 11 is 5.67. The minimum absolute atomic E-state index is 0.367. The number of halogens is 1. The Hall–Kier alpha value is -1.80. The lowest BCUT2D eigenvalue weighted by molar-refractivity contribution is 0.263. The Labute approximate surface area is 125 Å². The summed E-state index contributed by atoms with van der Waals surface area (Å²) in [5, 5.41) is -0.439. The van der Waals surface area contributed by atoms with Crippen LogP contribution in [0.2, 0.25) is 0 Å². The lowest BCUT2D eigenvalue weighted by Crippen LogP contribution is -2.29. The number of rotatable bonds is 4. The van der Waals surface area contributed by atoms with Crippen molar-refractivity contribution in [2.24, 2.45) is 5.92 Å². The summed E-state index contributed by atoms with van der Waals surface area (Å²) in [5.41, 5.74) is 3.12. The number of nitrogens with zero attached hydrogens (tertiary/aromatic N) is 1. The van der Waals surface area contributed by atoms with Gasteiger partial charge in [0.2, 0.25) is 0 Å². The Balaban J connectivity index is 2.24. The molecule has 0 heterocycles. The van der Waals surface area contributed by atoms with Gasteiger partial charge in [-0.1, -0.05) is 56.3 Å². The van der Waals surface area contributed by atoms with Crippen LogP contribution in [0.15, 0.2) is 54.6 Å². The molecule has 104 valence electrons. The normalized spacial score (nSPS) is 10.6. The van der Waals surface area contributed by atoms with Gasteiger partial charge in [-0.3, -0.25) is 9.69 Å². The molecule has 0 radical (unpaired) electrons. The van der Waals surface area contributed by atoms with E-state index in [-0.39, 0.29) is 0 Å². The number of anilines is 1. The molecule has 0 unspecified atom stereocenters. The Bertz CT molecular complexity index is 563. The van der Waals surface area contributed by atoms with E-state index in [2.05, 4.69) is 26.0 Å². The smallest absolute Gasteiger partial charge is 0.299 e. The van der Waals surface area contributed by atoms with Crippen molar-refractivity contribution >= 4 is 22.7 Å². The quantitative estimate of drug-likeness (QED) is 0.561. The van der Waals surface area contributed by atoms with Crippen LogP contribution >= 0.6 is 11.6 Å². The van der Waals surface area contributed by atoms with Crippen LogP contribution in [0.25, 0.3) is 11.1 Å². The molecule has 0 saturated carbocycles. The molecule has 0 aliphatic carbocycles. The van der Waals surface area contributed by atoms with Crippen LogP contribution in [0.1, 0.15) is 13.8 Å². The van der Waals surface area contributed by atoms with E-state index in [4.69, 9.17) is 11.6 Å². The van der Waals surface area contributed by atoms with Crippen LogP contribution in [0.4, 0.5) is 10.5 Å². The van der Waals surface area contributed by atoms with Gasteiger partial charge < -0.3 is 0 Å². The SMILES string of the molecule is CC(C)CN(C(=O)Cl)c1ccc(-c2ccccc2)cc1. The van der Waals surface area contributed by atoms with Crippen molar-refractivity contribution in [2.45, 2.75) is 13.8 Å². The van der Waals surface area contributed by atoms with Crippen molar-refractivity contribution in [1.82, 2.24) is 0 Å². The van der Waals surface area contributed by atoms with Crippen molar-refractivity contribution < 1.29 is 4.79 Å². The second kappa shape index (κ2) is 6.58. The summed E-state index contributed by atoms with van der Waals surface area (Å²) in [6.07, 6.45) is 0. The van der Waals surface area contributed by atoms with Crippen molar-refractivity contribution in [1.29, 1.82) is 0 Å². The molecule has 3 heteroatoms. The molecule has 2 aromatic carbocycles. The lowest BCUT2D eigenvalue weighted by atomic mass is 10.1. The number of amides is 1. The highest BCUT2D eigenvalue weighted by Gasteiger charge is 2.14. The van der Waals surface area contributed by atoms with Gasteiger partial charge >= 0.3 is 5.37 Å². The maximum absolute atomic E-state index is 11.5. The van der Waals surface area contributed by atoms with Crippen molar-refractivity contribution in [2.75, 3.05) is 11.4 Å². The Kier molecular flexibility index (Phi) is 4.80. The molecule has 20 heavy (non-hydrogen) atoms. The van der Waals surface area contributed by atoms with E-state index < -0.39 is 5.37 Å². The van der Waals surface area contributed by atoms with Crippen molar-refractivity contribution in [3.63, 3.8) is 0 Å². The largest absolute Gasteiger partial charge is 0.320 e. The Morgan fingerprint density at radius 2 is 1.55 bits per heavy atom. The van der Waals surface area contributed by atoms with Crippen LogP contribution in [-0.2, 0) is 0 Å². The first kappa shape index (κ1) is 14.6. The summed E-state index contributed by atoms with van der Waals surface area (Å²) in [5.74, 6) is 0.367. The van der Waals surface area contributed by atoms with E-state index in [1.165, 1.54) is 0 Å². The number of carbonyl (C=O) groups excluding carboxylic acids is 1. The van der Waals surface area contributed by atoms with E-state index in [9.17, 15) is 4.79 Å². The molecule has 0 aliphatic rings. The first-order valence-corrected chi connectivity index (χ1v) is 7.08. The molecule has 0 atom stereocenters. The fraction of sp³-hybridized carbons (Fsp3) is 0.235. The van der Waals surface area contributed by atoms with Crippen LogP contribution in [-0.4, -0.2) is 11.9 Å². The van der Waals surface area contributed by atoms with Crippen molar-refractivity contribution in [3.05, 3.63) is 54.6 Å². The first-order chi connectivity index (χ1) is 9.58. The highest BCUT2D eigenvalue weighted by Crippen LogP contribution is 2.24. The van der Waals surface area contributed by atoms with Gasteiger partial charge in [-0.25, -0.2) is 0 Å². The Morgan fingerprint density at radius 1 is 1.00 bits per heavy atom. The predicted octanol–water partition coefficient (Wildman–Crippen LogP) is 5.17. The maximum Gasteiger partial charge on any atom is 0.320 e. The molecule has 2 aromatic rings. The minimum Gasteiger partial charge on any atom is -0.299 e.